The summed E-state index contributed by atoms with van der Waals surface area (Å²) in [6.07, 6.45) is 5.77. The van der Waals surface area contributed by atoms with Crippen LogP contribution in [0.15, 0.2) is 35.6 Å². The van der Waals surface area contributed by atoms with E-state index in [-0.39, 0.29) is 49.2 Å². The first kappa shape index (κ1) is 30.3. The van der Waals surface area contributed by atoms with E-state index >= 15 is 0 Å². The Bertz CT molecular complexity index is 1120. The number of nitrogens with zero attached hydrogens (tertiary/aromatic N) is 2. The monoisotopic (exact) mass is 530 g/mol. The summed E-state index contributed by atoms with van der Waals surface area (Å²) in [5.41, 5.74) is -0.506. The second kappa shape index (κ2) is 15.3. The van der Waals surface area contributed by atoms with Gasteiger partial charge in [0.15, 0.2) is 0 Å². The van der Waals surface area contributed by atoms with Crippen molar-refractivity contribution in [2.45, 2.75) is 66.0 Å². The van der Waals surface area contributed by atoms with Gasteiger partial charge in [-0.3, -0.25) is 24.0 Å². The van der Waals surface area contributed by atoms with Crippen LogP contribution in [0.25, 0.3) is 0 Å². The van der Waals surface area contributed by atoms with E-state index in [0.29, 0.717) is 12.5 Å². The third-order valence-electron chi connectivity index (χ3n) is 5.91. The molecular weight excluding hydrogens is 492 g/mol. The third kappa shape index (κ3) is 9.83. The SMILES string of the molecule is CCC(CC)CNC(=O)Cn1cccc(NC(=O)[C@H](CCC(=O)OCC(C)C)NC(=O)c2cnc[nH]2)c1=O. The fourth-order valence-corrected chi connectivity index (χ4v) is 3.50. The number of ether oxygens (including phenoxy) is 1. The summed E-state index contributed by atoms with van der Waals surface area (Å²) < 4.78 is 6.35. The molecule has 0 saturated carbocycles. The van der Waals surface area contributed by atoms with E-state index < -0.39 is 29.4 Å². The molecule has 0 aliphatic rings. The number of pyridine rings is 1. The van der Waals surface area contributed by atoms with Crippen LogP contribution in [0.2, 0.25) is 0 Å². The lowest BCUT2D eigenvalue weighted by Crippen LogP contribution is -2.45. The average molecular weight is 531 g/mol. The van der Waals surface area contributed by atoms with Gasteiger partial charge in [0.2, 0.25) is 11.8 Å². The molecule has 12 heteroatoms. The lowest BCUT2D eigenvalue weighted by atomic mass is 10.0. The van der Waals surface area contributed by atoms with E-state index in [4.69, 9.17) is 4.74 Å². The van der Waals surface area contributed by atoms with Crippen molar-refractivity contribution in [3.05, 3.63) is 46.9 Å². The summed E-state index contributed by atoms with van der Waals surface area (Å²) >= 11 is 0. The summed E-state index contributed by atoms with van der Waals surface area (Å²) in [5, 5.41) is 7.91. The standard InChI is InChI=1S/C26H38N6O6/c1-5-18(6-2)12-28-22(33)14-32-11-7-8-20(26(32)37)31-24(35)19(9-10-23(34)38-15-17(3)4)30-25(36)21-13-27-16-29-21/h7-8,11,13,16-19H,5-6,9-10,12,14-15H2,1-4H3,(H,27,29)(H,28,33)(H,30,36)(H,31,35)/t19-/m0/s1. The van der Waals surface area contributed by atoms with E-state index in [0.717, 1.165) is 12.8 Å². The van der Waals surface area contributed by atoms with Gasteiger partial charge in [-0.05, 0) is 30.4 Å². The molecule has 0 radical (unpaired) electrons. The van der Waals surface area contributed by atoms with E-state index in [1.807, 2.05) is 13.8 Å². The smallest absolute Gasteiger partial charge is 0.305 e. The quantitative estimate of drug-likeness (QED) is 0.255. The molecular formula is C26H38N6O6. The molecule has 3 amide bonds. The van der Waals surface area contributed by atoms with Crippen molar-refractivity contribution in [3.63, 3.8) is 0 Å². The van der Waals surface area contributed by atoms with Crippen LogP contribution in [0.4, 0.5) is 5.69 Å². The molecule has 2 heterocycles. The Morgan fingerprint density at radius 1 is 1.16 bits per heavy atom. The molecule has 4 N–H and O–H groups in total. The van der Waals surface area contributed by atoms with Crippen molar-refractivity contribution in [2.24, 2.45) is 11.8 Å². The Labute approximate surface area is 221 Å². The predicted octanol–water partition coefficient (Wildman–Crippen LogP) is 1.84. The molecule has 0 saturated heterocycles. The number of hydrogen-bond donors (Lipinski definition) is 4. The molecule has 208 valence electrons. The normalized spacial score (nSPS) is 11.7. The molecule has 0 bridgehead atoms. The molecule has 2 aromatic heterocycles. The number of H-pyrrole nitrogens is 1. The highest BCUT2D eigenvalue weighted by Crippen LogP contribution is 2.08. The summed E-state index contributed by atoms with van der Waals surface area (Å²) in [7, 11) is 0. The minimum absolute atomic E-state index is 0.0535. The van der Waals surface area contributed by atoms with Crippen LogP contribution >= 0.6 is 0 Å². The maximum Gasteiger partial charge on any atom is 0.305 e. The van der Waals surface area contributed by atoms with Crippen LogP contribution in [-0.2, 0) is 25.7 Å². The number of amides is 3. The van der Waals surface area contributed by atoms with Crippen molar-refractivity contribution in [1.82, 2.24) is 25.2 Å². The van der Waals surface area contributed by atoms with Gasteiger partial charge in [0.05, 0.1) is 19.1 Å². The number of rotatable bonds is 15. The maximum absolute atomic E-state index is 13.1. The van der Waals surface area contributed by atoms with Gasteiger partial charge in [-0.15, -0.1) is 0 Å². The fourth-order valence-electron chi connectivity index (χ4n) is 3.50. The van der Waals surface area contributed by atoms with Crippen molar-refractivity contribution in [3.8, 4) is 0 Å². The minimum Gasteiger partial charge on any atom is -0.465 e. The molecule has 12 nitrogen and oxygen atoms in total. The molecule has 0 aliphatic carbocycles. The second-order valence-electron chi connectivity index (χ2n) is 9.44. The van der Waals surface area contributed by atoms with Gasteiger partial charge in [-0.1, -0.05) is 40.5 Å². The summed E-state index contributed by atoms with van der Waals surface area (Å²) in [4.78, 5) is 69.5. The Hall–Kier alpha value is -3.96. The summed E-state index contributed by atoms with van der Waals surface area (Å²) in [6, 6.07) is 1.80. The van der Waals surface area contributed by atoms with Crippen molar-refractivity contribution >= 4 is 29.4 Å². The molecule has 0 aliphatic heterocycles. The zero-order valence-corrected chi connectivity index (χ0v) is 22.4. The Kier molecular flexibility index (Phi) is 12.2. The van der Waals surface area contributed by atoms with Gasteiger partial charge in [-0.25, -0.2) is 4.98 Å². The molecule has 2 rings (SSSR count). The van der Waals surface area contributed by atoms with Gasteiger partial charge in [0.25, 0.3) is 11.5 Å². The molecule has 0 aromatic carbocycles. The van der Waals surface area contributed by atoms with Crippen molar-refractivity contribution in [1.29, 1.82) is 0 Å². The van der Waals surface area contributed by atoms with Gasteiger partial charge in [-0.2, -0.15) is 0 Å². The van der Waals surface area contributed by atoms with Gasteiger partial charge in [0.1, 0.15) is 24.0 Å². The fraction of sp³-hybridized carbons (Fsp3) is 0.538. The highest BCUT2D eigenvalue weighted by atomic mass is 16.5. The van der Waals surface area contributed by atoms with Crippen molar-refractivity contribution < 1.29 is 23.9 Å². The highest BCUT2D eigenvalue weighted by molar-refractivity contribution is 6.00. The Balaban J connectivity index is 2.10. The van der Waals surface area contributed by atoms with Crippen LogP contribution in [0.5, 0.6) is 0 Å². The molecule has 1 atom stereocenters. The largest absolute Gasteiger partial charge is 0.465 e. The van der Waals surface area contributed by atoms with Crippen LogP contribution in [0.3, 0.4) is 0 Å². The number of nitrogens with one attached hydrogen (secondary N) is 4. The van der Waals surface area contributed by atoms with Gasteiger partial charge >= 0.3 is 5.97 Å². The van der Waals surface area contributed by atoms with Crippen LogP contribution in [0.1, 0.15) is 63.9 Å². The average Bonchev–Trinajstić information content (AvgIpc) is 3.43. The summed E-state index contributed by atoms with van der Waals surface area (Å²) in [6.45, 7) is 8.46. The topological polar surface area (TPSA) is 164 Å². The number of aromatic amines is 1. The number of carbonyl (C=O) groups excluding carboxylic acids is 4. The predicted molar refractivity (Wildman–Crippen MR) is 141 cm³/mol. The molecule has 0 unspecified atom stereocenters. The highest BCUT2D eigenvalue weighted by Gasteiger charge is 2.24. The van der Waals surface area contributed by atoms with E-state index in [1.165, 1.54) is 35.4 Å². The number of aromatic nitrogens is 3. The number of imidazole rings is 1. The molecule has 2 aromatic rings. The first-order valence-electron chi connectivity index (χ1n) is 12.9. The van der Waals surface area contributed by atoms with Crippen LogP contribution in [0, 0.1) is 11.8 Å². The number of anilines is 1. The number of esters is 1. The van der Waals surface area contributed by atoms with Crippen molar-refractivity contribution in [2.75, 3.05) is 18.5 Å². The number of hydrogen-bond acceptors (Lipinski definition) is 7. The van der Waals surface area contributed by atoms with Crippen LogP contribution < -0.4 is 21.5 Å². The van der Waals surface area contributed by atoms with Gasteiger partial charge in [0, 0.05) is 19.2 Å². The second-order valence-corrected chi connectivity index (χ2v) is 9.44. The molecule has 38 heavy (non-hydrogen) atoms. The minimum atomic E-state index is -1.14. The Morgan fingerprint density at radius 2 is 1.89 bits per heavy atom. The number of carbonyl (C=O) groups is 4. The summed E-state index contributed by atoms with van der Waals surface area (Å²) in [5.74, 6) is -1.60. The lowest BCUT2D eigenvalue weighted by Gasteiger charge is -2.18. The van der Waals surface area contributed by atoms with Gasteiger partial charge < -0.3 is 30.2 Å². The first-order valence-corrected chi connectivity index (χ1v) is 12.9. The van der Waals surface area contributed by atoms with E-state index in [2.05, 4.69) is 39.8 Å². The van der Waals surface area contributed by atoms with E-state index in [9.17, 15) is 24.0 Å². The zero-order valence-electron chi connectivity index (χ0n) is 22.4. The maximum atomic E-state index is 13.1. The third-order valence-corrected chi connectivity index (χ3v) is 5.91. The van der Waals surface area contributed by atoms with Crippen LogP contribution in [-0.4, -0.2) is 57.4 Å². The van der Waals surface area contributed by atoms with E-state index in [1.54, 1.807) is 0 Å². The molecule has 0 spiro atoms. The molecule has 0 fully saturated rings. The Morgan fingerprint density at radius 3 is 2.53 bits per heavy atom. The lowest BCUT2D eigenvalue weighted by molar-refractivity contribution is -0.145. The zero-order chi connectivity index (χ0) is 28.1. The first-order chi connectivity index (χ1) is 18.1.